The first-order chi connectivity index (χ1) is 12.2. The monoisotopic (exact) mass is 402 g/mol. The summed E-state index contributed by atoms with van der Waals surface area (Å²) >= 11 is 12.0. The molecule has 138 valence electrons. The van der Waals surface area contributed by atoms with E-state index in [1.807, 2.05) is 6.07 Å². The summed E-state index contributed by atoms with van der Waals surface area (Å²) in [6.45, 7) is 1.27. The van der Waals surface area contributed by atoms with Gasteiger partial charge in [0.05, 0.1) is 16.8 Å². The average Bonchev–Trinajstić information content (AvgIpc) is 2.92. The van der Waals surface area contributed by atoms with E-state index in [1.165, 1.54) is 23.2 Å². The maximum absolute atomic E-state index is 13.4. The zero-order valence-electron chi connectivity index (χ0n) is 13.7. The topological polar surface area (TPSA) is 23.6 Å². The number of carbonyl (C=O) groups is 1. The number of rotatable bonds is 3. The second kappa shape index (κ2) is 7.10. The number of hydrazine groups is 1. The molecule has 0 N–H and O–H groups in total. The Kier molecular flexibility index (Phi) is 5.19. The van der Waals surface area contributed by atoms with Crippen LogP contribution < -0.4 is 5.01 Å². The van der Waals surface area contributed by atoms with Crippen molar-refractivity contribution < 1.29 is 18.0 Å². The van der Waals surface area contributed by atoms with Crippen LogP contribution in [0.4, 0.5) is 18.9 Å². The van der Waals surface area contributed by atoms with Gasteiger partial charge < -0.3 is 0 Å². The van der Waals surface area contributed by atoms with Gasteiger partial charge in [0.15, 0.2) is 0 Å². The lowest BCUT2D eigenvalue weighted by Gasteiger charge is -2.33. The van der Waals surface area contributed by atoms with Crippen molar-refractivity contribution in [2.24, 2.45) is 5.92 Å². The summed E-state index contributed by atoms with van der Waals surface area (Å²) in [4.78, 5) is 12.6. The molecule has 0 bridgehead atoms. The smallest absolute Gasteiger partial charge is 0.272 e. The Morgan fingerprint density at radius 1 is 1.12 bits per heavy atom. The first-order valence-electron chi connectivity index (χ1n) is 7.87. The summed E-state index contributed by atoms with van der Waals surface area (Å²) in [5.41, 5.74) is 0.966. The van der Waals surface area contributed by atoms with E-state index < -0.39 is 30.6 Å². The predicted molar refractivity (Wildman–Crippen MR) is 95.1 cm³/mol. The first-order valence-corrected chi connectivity index (χ1v) is 8.63. The Morgan fingerprint density at radius 2 is 1.77 bits per heavy atom. The van der Waals surface area contributed by atoms with Gasteiger partial charge in [0, 0.05) is 11.6 Å². The molecule has 1 heterocycles. The third-order valence-corrected chi connectivity index (χ3v) is 4.93. The largest absolute Gasteiger partial charge is 0.401 e. The van der Waals surface area contributed by atoms with Gasteiger partial charge >= 0.3 is 6.18 Å². The number of halogens is 5. The van der Waals surface area contributed by atoms with Crippen molar-refractivity contribution in [3.8, 4) is 0 Å². The van der Waals surface area contributed by atoms with Crippen LogP contribution in [0.25, 0.3) is 0 Å². The van der Waals surface area contributed by atoms with E-state index in [2.05, 4.69) is 0 Å². The normalized spacial score (nSPS) is 19.8. The number of anilines is 1. The molecule has 1 saturated heterocycles. The molecule has 1 amide bonds. The van der Waals surface area contributed by atoms with Gasteiger partial charge in [0.25, 0.3) is 5.91 Å². The molecule has 2 unspecified atom stereocenters. The lowest BCUT2D eigenvalue weighted by Crippen LogP contribution is -2.41. The summed E-state index contributed by atoms with van der Waals surface area (Å²) in [7, 11) is 0. The highest BCUT2D eigenvalue weighted by Gasteiger charge is 2.54. The van der Waals surface area contributed by atoms with E-state index in [0.29, 0.717) is 5.02 Å². The molecule has 8 heteroatoms. The molecule has 0 spiro atoms. The minimum absolute atomic E-state index is 0.110. The summed E-state index contributed by atoms with van der Waals surface area (Å²) in [6.07, 6.45) is -4.64. The van der Waals surface area contributed by atoms with Gasteiger partial charge in [-0.1, -0.05) is 53.5 Å². The zero-order chi connectivity index (χ0) is 19.1. The number of nitrogens with zero attached hydrogens (tertiary/aromatic N) is 2. The van der Waals surface area contributed by atoms with Crippen LogP contribution in [0.15, 0.2) is 48.5 Å². The highest BCUT2D eigenvalue weighted by molar-refractivity contribution is 6.36. The van der Waals surface area contributed by atoms with Crippen molar-refractivity contribution in [2.45, 2.75) is 19.1 Å². The number of benzene rings is 2. The molecular formula is C18H15Cl2F3N2O. The van der Waals surface area contributed by atoms with Crippen LogP contribution in [-0.4, -0.2) is 23.6 Å². The molecule has 1 fully saturated rings. The molecule has 1 aliphatic rings. The minimum atomic E-state index is -4.64. The summed E-state index contributed by atoms with van der Waals surface area (Å²) < 4.78 is 40.1. The van der Waals surface area contributed by atoms with Crippen molar-refractivity contribution in [3.63, 3.8) is 0 Å². The zero-order valence-corrected chi connectivity index (χ0v) is 15.2. The molecule has 1 aliphatic heterocycles. The van der Waals surface area contributed by atoms with Crippen molar-refractivity contribution in [2.75, 3.05) is 11.6 Å². The highest BCUT2D eigenvalue weighted by Crippen LogP contribution is 2.42. The molecule has 0 saturated carbocycles. The van der Waals surface area contributed by atoms with Gasteiger partial charge in [-0.25, -0.2) is 10.0 Å². The van der Waals surface area contributed by atoms with Gasteiger partial charge in [-0.3, -0.25) is 4.79 Å². The maximum atomic E-state index is 13.4. The Balaban J connectivity index is 2.05. The van der Waals surface area contributed by atoms with E-state index in [-0.39, 0.29) is 10.7 Å². The number of carbonyl (C=O) groups excluding carboxylic acids is 1. The van der Waals surface area contributed by atoms with Crippen molar-refractivity contribution >= 4 is 34.8 Å². The second-order valence-corrected chi connectivity index (χ2v) is 6.89. The van der Waals surface area contributed by atoms with E-state index in [0.717, 1.165) is 10.6 Å². The molecule has 26 heavy (non-hydrogen) atoms. The molecule has 0 aliphatic carbocycles. The van der Waals surface area contributed by atoms with Crippen LogP contribution >= 0.6 is 23.2 Å². The molecular weight excluding hydrogens is 388 g/mol. The van der Waals surface area contributed by atoms with Gasteiger partial charge in [-0.15, -0.1) is 0 Å². The average molecular weight is 403 g/mol. The molecule has 3 rings (SSSR count). The standard InChI is InChI=1S/C18H15Cl2F3N2O/c1-11(12-5-3-2-4-6-12)24-10-14(18(21,22)23)17(26)25(24)16-8-7-13(19)9-15(16)20/h2-9,11,14H,10H2,1H3. The summed E-state index contributed by atoms with van der Waals surface area (Å²) in [6, 6.07) is 12.9. The lowest BCUT2D eigenvalue weighted by molar-refractivity contribution is -0.176. The molecule has 2 aromatic carbocycles. The molecule has 3 nitrogen and oxygen atoms in total. The highest BCUT2D eigenvalue weighted by atomic mass is 35.5. The van der Waals surface area contributed by atoms with Crippen LogP contribution in [-0.2, 0) is 4.79 Å². The number of amides is 1. The van der Waals surface area contributed by atoms with E-state index in [9.17, 15) is 18.0 Å². The van der Waals surface area contributed by atoms with Crippen LogP contribution in [0.2, 0.25) is 10.0 Å². The Labute approximate surface area is 158 Å². The third-order valence-electron chi connectivity index (χ3n) is 4.40. The van der Waals surface area contributed by atoms with Gasteiger partial charge in [-0.05, 0) is 30.7 Å². The Bertz CT molecular complexity index is 814. The van der Waals surface area contributed by atoms with E-state index >= 15 is 0 Å². The quantitative estimate of drug-likeness (QED) is 0.676. The fourth-order valence-electron chi connectivity index (χ4n) is 3.01. The molecule has 0 aromatic heterocycles. The number of hydrogen-bond acceptors (Lipinski definition) is 2. The van der Waals surface area contributed by atoms with Gasteiger partial charge in [-0.2, -0.15) is 13.2 Å². The number of alkyl halides is 3. The van der Waals surface area contributed by atoms with E-state index in [4.69, 9.17) is 23.2 Å². The summed E-state index contributed by atoms with van der Waals surface area (Å²) in [5.74, 6) is -3.16. The predicted octanol–water partition coefficient (Wildman–Crippen LogP) is 5.50. The van der Waals surface area contributed by atoms with Crippen LogP contribution in [0, 0.1) is 5.92 Å². The van der Waals surface area contributed by atoms with Crippen molar-refractivity contribution in [1.82, 2.24) is 5.01 Å². The minimum Gasteiger partial charge on any atom is -0.272 e. The molecule has 2 atom stereocenters. The fourth-order valence-corrected chi connectivity index (χ4v) is 3.50. The third kappa shape index (κ3) is 3.54. The number of hydrogen-bond donors (Lipinski definition) is 0. The fraction of sp³-hybridized carbons (Fsp3) is 0.278. The van der Waals surface area contributed by atoms with Gasteiger partial charge in [0.2, 0.25) is 0 Å². The van der Waals surface area contributed by atoms with E-state index in [1.54, 1.807) is 31.2 Å². The van der Waals surface area contributed by atoms with Crippen LogP contribution in [0.5, 0.6) is 0 Å². The van der Waals surface area contributed by atoms with Crippen molar-refractivity contribution in [1.29, 1.82) is 0 Å². The maximum Gasteiger partial charge on any atom is 0.401 e. The Hall–Kier alpha value is -1.76. The van der Waals surface area contributed by atoms with Crippen molar-refractivity contribution in [3.05, 3.63) is 64.1 Å². The molecule has 2 aromatic rings. The lowest BCUT2D eigenvalue weighted by atomic mass is 10.1. The van der Waals surface area contributed by atoms with Gasteiger partial charge in [0.1, 0.15) is 5.92 Å². The van der Waals surface area contributed by atoms with Crippen LogP contribution in [0.3, 0.4) is 0 Å². The SMILES string of the molecule is CC(c1ccccc1)N1CC(C(F)(F)F)C(=O)N1c1ccc(Cl)cc1Cl. The first kappa shape index (κ1) is 19.0. The second-order valence-electron chi connectivity index (χ2n) is 6.05. The Morgan fingerprint density at radius 3 is 2.35 bits per heavy atom. The van der Waals surface area contributed by atoms with Crippen LogP contribution in [0.1, 0.15) is 18.5 Å². The molecule has 0 radical (unpaired) electrons. The summed E-state index contributed by atoms with van der Waals surface area (Å²) in [5, 5.41) is 2.86.